The van der Waals surface area contributed by atoms with Crippen LogP contribution in [0.1, 0.15) is 17.2 Å². The summed E-state index contributed by atoms with van der Waals surface area (Å²) in [4.78, 5) is 24.1. The van der Waals surface area contributed by atoms with Crippen LogP contribution in [0.5, 0.6) is 0 Å². The molecule has 1 N–H and O–H groups in total. The van der Waals surface area contributed by atoms with Crippen LogP contribution in [0.15, 0.2) is 0 Å². The Labute approximate surface area is 112 Å². The van der Waals surface area contributed by atoms with E-state index in [9.17, 15) is 4.79 Å². The van der Waals surface area contributed by atoms with Crippen LogP contribution >= 0.6 is 0 Å². The summed E-state index contributed by atoms with van der Waals surface area (Å²) in [6.45, 7) is 7.08. The van der Waals surface area contributed by atoms with Gasteiger partial charge in [-0.1, -0.05) is 0 Å². The average molecular weight is 264 g/mol. The molecule has 0 aliphatic carbocycles. The molecule has 104 valence electrons. The Morgan fingerprint density at radius 3 is 2.95 bits per heavy atom. The molecule has 1 aromatic heterocycles. The van der Waals surface area contributed by atoms with Gasteiger partial charge in [-0.05, 0) is 6.92 Å². The lowest BCUT2D eigenvalue weighted by atomic mass is 10.1. The van der Waals surface area contributed by atoms with Crippen molar-refractivity contribution in [3.8, 4) is 0 Å². The summed E-state index contributed by atoms with van der Waals surface area (Å²) in [5.41, 5.74) is 2.21. The molecular weight excluding hydrogens is 244 g/mol. The van der Waals surface area contributed by atoms with Gasteiger partial charge in [-0.3, -0.25) is 9.69 Å². The lowest BCUT2D eigenvalue weighted by molar-refractivity contribution is -0.134. The van der Waals surface area contributed by atoms with Gasteiger partial charge in [0, 0.05) is 26.1 Å². The van der Waals surface area contributed by atoms with E-state index in [0.717, 1.165) is 56.5 Å². The second kappa shape index (κ2) is 5.30. The van der Waals surface area contributed by atoms with Crippen molar-refractivity contribution < 1.29 is 9.53 Å². The first kappa shape index (κ1) is 12.6. The summed E-state index contributed by atoms with van der Waals surface area (Å²) < 4.78 is 5.30. The van der Waals surface area contributed by atoms with Gasteiger partial charge in [-0.2, -0.15) is 0 Å². The predicted octanol–water partition coefficient (Wildman–Crippen LogP) is -0.0650. The number of aromatic nitrogens is 2. The third-order valence-corrected chi connectivity index (χ3v) is 3.77. The van der Waals surface area contributed by atoms with Crippen molar-refractivity contribution in [1.82, 2.24) is 19.8 Å². The number of carbonyl (C=O) groups excluding carboxylic acids is 1. The molecule has 0 bridgehead atoms. The minimum Gasteiger partial charge on any atom is -0.379 e. The SMILES string of the molecule is Cc1nc2c([nH]1)CN(C(=O)CN1CCOCC1)CC2. The number of aryl methyl sites for hydroxylation is 1. The number of ether oxygens (including phenoxy) is 1. The fraction of sp³-hybridized carbons (Fsp3) is 0.692. The first-order valence-corrected chi connectivity index (χ1v) is 6.84. The Morgan fingerprint density at radius 1 is 1.37 bits per heavy atom. The number of nitrogens with one attached hydrogen (secondary N) is 1. The summed E-state index contributed by atoms with van der Waals surface area (Å²) in [6.07, 6.45) is 0.856. The molecule has 1 aromatic rings. The molecule has 3 heterocycles. The number of morpholine rings is 1. The largest absolute Gasteiger partial charge is 0.379 e. The van der Waals surface area contributed by atoms with Gasteiger partial charge in [-0.15, -0.1) is 0 Å². The van der Waals surface area contributed by atoms with E-state index in [1.54, 1.807) is 0 Å². The van der Waals surface area contributed by atoms with Crippen molar-refractivity contribution in [2.24, 2.45) is 0 Å². The molecule has 6 nitrogen and oxygen atoms in total. The maximum absolute atomic E-state index is 12.3. The van der Waals surface area contributed by atoms with Crippen LogP contribution in [0.3, 0.4) is 0 Å². The molecule has 1 saturated heterocycles. The maximum atomic E-state index is 12.3. The van der Waals surface area contributed by atoms with Gasteiger partial charge in [-0.25, -0.2) is 4.98 Å². The minimum absolute atomic E-state index is 0.208. The Kier molecular flexibility index (Phi) is 3.52. The number of hydrogen-bond acceptors (Lipinski definition) is 4. The molecule has 0 spiro atoms. The highest BCUT2D eigenvalue weighted by molar-refractivity contribution is 5.78. The van der Waals surface area contributed by atoms with Crippen molar-refractivity contribution >= 4 is 5.91 Å². The summed E-state index contributed by atoms with van der Waals surface area (Å²) in [5, 5.41) is 0. The van der Waals surface area contributed by atoms with E-state index in [1.165, 1.54) is 0 Å². The van der Waals surface area contributed by atoms with Crippen LogP contribution in [0.4, 0.5) is 0 Å². The van der Waals surface area contributed by atoms with Crippen molar-refractivity contribution in [1.29, 1.82) is 0 Å². The van der Waals surface area contributed by atoms with Crippen LogP contribution in [-0.4, -0.2) is 65.1 Å². The van der Waals surface area contributed by atoms with Crippen molar-refractivity contribution in [3.63, 3.8) is 0 Å². The molecule has 0 unspecified atom stereocenters. The predicted molar refractivity (Wildman–Crippen MR) is 69.7 cm³/mol. The van der Waals surface area contributed by atoms with E-state index >= 15 is 0 Å². The summed E-state index contributed by atoms with van der Waals surface area (Å²) in [5.74, 6) is 1.15. The van der Waals surface area contributed by atoms with Gasteiger partial charge in [0.1, 0.15) is 5.82 Å². The number of nitrogens with zero attached hydrogens (tertiary/aromatic N) is 3. The number of H-pyrrole nitrogens is 1. The Balaban J connectivity index is 1.59. The number of imidazole rings is 1. The van der Waals surface area contributed by atoms with Crippen molar-refractivity contribution in [2.45, 2.75) is 19.9 Å². The Morgan fingerprint density at radius 2 is 2.16 bits per heavy atom. The second-order valence-electron chi connectivity index (χ2n) is 5.20. The standard InChI is InChI=1S/C13H20N4O2/c1-10-14-11-2-3-17(8-12(11)15-10)13(18)9-16-4-6-19-7-5-16/h2-9H2,1H3,(H,14,15). The highest BCUT2D eigenvalue weighted by Crippen LogP contribution is 2.16. The third kappa shape index (κ3) is 2.79. The Hall–Kier alpha value is -1.40. The maximum Gasteiger partial charge on any atom is 0.237 e. The molecule has 1 fully saturated rings. The molecule has 1 amide bonds. The number of amides is 1. The fourth-order valence-electron chi connectivity index (χ4n) is 2.70. The molecule has 19 heavy (non-hydrogen) atoms. The number of aromatic amines is 1. The molecule has 0 atom stereocenters. The van der Waals surface area contributed by atoms with Crippen LogP contribution in [-0.2, 0) is 22.5 Å². The molecule has 2 aliphatic heterocycles. The molecule has 6 heteroatoms. The molecule has 0 radical (unpaired) electrons. The van der Waals surface area contributed by atoms with Gasteiger partial charge >= 0.3 is 0 Å². The van der Waals surface area contributed by atoms with Crippen LogP contribution in [0.2, 0.25) is 0 Å². The number of carbonyl (C=O) groups is 1. The molecular formula is C13H20N4O2. The smallest absolute Gasteiger partial charge is 0.237 e. The van der Waals surface area contributed by atoms with E-state index in [2.05, 4.69) is 14.9 Å². The van der Waals surface area contributed by atoms with E-state index in [0.29, 0.717) is 13.1 Å². The summed E-state index contributed by atoms with van der Waals surface area (Å²) in [6, 6.07) is 0. The summed E-state index contributed by atoms with van der Waals surface area (Å²) >= 11 is 0. The number of fused-ring (bicyclic) bond motifs is 1. The topological polar surface area (TPSA) is 61.5 Å². The van der Waals surface area contributed by atoms with Gasteiger partial charge in [0.2, 0.25) is 5.91 Å². The quantitative estimate of drug-likeness (QED) is 0.812. The second-order valence-corrected chi connectivity index (χ2v) is 5.20. The third-order valence-electron chi connectivity index (χ3n) is 3.77. The average Bonchev–Trinajstić information content (AvgIpc) is 2.78. The fourth-order valence-corrected chi connectivity index (χ4v) is 2.70. The number of rotatable bonds is 2. The van der Waals surface area contributed by atoms with Crippen LogP contribution in [0, 0.1) is 6.92 Å². The minimum atomic E-state index is 0.208. The van der Waals surface area contributed by atoms with Gasteiger partial charge in [0.15, 0.2) is 0 Å². The zero-order valence-electron chi connectivity index (χ0n) is 11.3. The van der Waals surface area contributed by atoms with E-state index in [4.69, 9.17) is 4.74 Å². The highest BCUT2D eigenvalue weighted by atomic mass is 16.5. The van der Waals surface area contributed by atoms with Gasteiger partial charge in [0.25, 0.3) is 0 Å². The lowest BCUT2D eigenvalue weighted by Crippen LogP contribution is -2.46. The van der Waals surface area contributed by atoms with E-state index in [1.807, 2.05) is 11.8 Å². The van der Waals surface area contributed by atoms with E-state index in [-0.39, 0.29) is 5.91 Å². The normalized spacial score (nSPS) is 20.4. The molecule has 2 aliphatic rings. The molecule has 0 aromatic carbocycles. The summed E-state index contributed by atoms with van der Waals surface area (Å²) in [7, 11) is 0. The highest BCUT2D eigenvalue weighted by Gasteiger charge is 2.24. The zero-order valence-corrected chi connectivity index (χ0v) is 11.3. The van der Waals surface area contributed by atoms with Crippen molar-refractivity contribution in [3.05, 3.63) is 17.2 Å². The molecule has 3 rings (SSSR count). The zero-order chi connectivity index (χ0) is 13.2. The van der Waals surface area contributed by atoms with Gasteiger partial charge < -0.3 is 14.6 Å². The van der Waals surface area contributed by atoms with Gasteiger partial charge in [0.05, 0.1) is 37.7 Å². The Bertz CT molecular complexity index is 465. The lowest BCUT2D eigenvalue weighted by Gasteiger charge is -2.31. The van der Waals surface area contributed by atoms with Crippen LogP contribution < -0.4 is 0 Å². The first-order valence-electron chi connectivity index (χ1n) is 6.84. The molecule has 0 saturated carbocycles. The number of hydrogen-bond donors (Lipinski definition) is 1. The van der Waals surface area contributed by atoms with Crippen LogP contribution in [0.25, 0.3) is 0 Å². The first-order chi connectivity index (χ1) is 9.22. The van der Waals surface area contributed by atoms with E-state index < -0.39 is 0 Å². The van der Waals surface area contributed by atoms with Crippen molar-refractivity contribution in [2.75, 3.05) is 39.4 Å². The monoisotopic (exact) mass is 264 g/mol.